The largest absolute Gasteiger partial charge is 0.385 e. The summed E-state index contributed by atoms with van der Waals surface area (Å²) in [5.41, 5.74) is 0.815. The number of hydrogen-bond acceptors (Lipinski definition) is 3. The van der Waals surface area contributed by atoms with Crippen molar-refractivity contribution in [3.8, 4) is 0 Å². The monoisotopic (exact) mass is 257 g/mol. The fraction of sp³-hybridized carbons (Fsp3) is 0.200. The molecule has 1 aromatic carbocycles. The first kappa shape index (κ1) is 11.4. The van der Waals surface area contributed by atoms with Crippen molar-refractivity contribution in [1.29, 1.82) is 0 Å². The van der Waals surface area contributed by atoms with Gasteiger partial charge in [-0.3, -0.25) is 5.10 Å². The SMILES string of the molecule is OC(Cc1ccc(Cl)cc1Cl)c1ncn[nH]1. The minimum Gasteiger partial charge on any atom is -0.385 e. The van der Waals surface area contributed by atoms with Gasteiger partial charge in [0.05, 0.1) is 0 Å². The molecule has 0 aliphatic rings. The van der Waals surface area contributed by atoms with E-state index in [2.05, 4.69) is 15.2 Å². The molecule has 84 valence electrons. The summed E-state index contributed by atoms with van der Waals surface area (Å²) in [4.78, 5) is 3.87. The molecule has 16 heavy (non-hydrogen) atoms. The maximum absolute atomic E-state index is 9.83. The van der Waals surface area contributed by atoms with Crippen molar-refractivity contribution in [2.45, 2.75) is 12.5 Å². The lowest BCUT2D eigenvalue weighted by Gasteiger charge is -2.09. The molecule has 1 heterocycles. The molecule has 2 N–H and O–H groups in total. The quantitative estimate of drug-likeness (QED) is 0.888. The van der Waals surface area contributed by atoms with E-state index in [9.17, 15) is 5.11 Å². The van der Waals surface area contributed by atoms with E-state index in [0.717, 1.165) is 5.56 Å². The molecule has 0 bridgehead atoms. The molecule has 1 aromatic heterocycles. The molecule has 6 heteroatoms. The van der Waals surface area contributed by atoms with Crippen LogP contribution in [0.3, 0.4) is 0 Å². The van der Waals surface area contributed by atoms with E-state index in [4.69, 9.17) is 23.2 Å². The summed E-state index contributed by atoms with van der Waals surface area (Å²) in [5, 5.41) is 17.2. The molecule has 0 radical (unpaired) electrons. The van der Waals surface area contributed by atoms with Crippen molar-refractivity contribution in [3.63, 3.8) is 0 Å². The lowest BCUT2D eigenvalue weighted by molar-refractivity contribution is 0.169. The Morgan fingerprint density at radius 2 is 2.19 bits per heavy atom. The number of H-pyrrole nitrogens is 1. The normalized spacial score (nSPS) is 12.7. The van der Waals surface area contributed by atoms with Gasteiger partial charge in [0.15, 0.2) is 5.82 Å². The Morgan fingerprint density at radius 3 is 2.81 bits per heavy atom. The van der Waals surface area contributed by atoms with E-state index in [1.807, 2.05) is 0 Å². The third-order valence-electron chi connectivity index (χ3n) is 2.18. The van der Waals surface area contributed by atoms with Gasteiger partial charge in [0.25, 0.3) is 0 Å². The van der Waals surface area contributed by atoms with Gasteiger partial charge in [0.2, 0.25) is 0 Å². The number of aromatic nitrogens is 3. The van der Waals surface area contributed by atoms with Gasteiger partial charge >= 0.3 is 0 Å². The van der Waals surface area contributed by atoms with Gasteiger partial charge in [0, 0.05) is 16.5 Å². The van der Waals surface area contributed by atoms with Crippen molar-refractivity contribution >= 4 is 23.2 Å². The maximum Gasteiger partial charge on any atom is 0.153 e. The summed E-state index contributed by atoms with van der Waals surface area (Å²) in [7, 11) is 0. The number of halogens is 2. The second-order valence-electron chi connectivity index (χ2n) is 3.33. The highest BCUT2D eigenvalue weighted by Gasteiger charge is 2.13. The Labute approximate surface area is 102 Å². The smallest absolute Gasteiger partial charge is 0.153 e. The Balaban J connectivity index is 2.15. The molecule has 1 atom stereocenters. The van der Waals surface area contributed by atoms with Gasteiger partial charge in [-0.1, -0.05) is 29.3 Å². The molecule has 4 nitrogen and oxygen atoms in total. The van der Waals surface area contributed by atoms with Crippen LogP contribution in [0.15, 0.2) is 24.5 Å². The maximum atomic E-state index is 9.83. The summed E-state index contributed by atoms with van der Waals surface area (Å²) in [6.07, 6.45) is 0.967. The molecule has 2 aromatic rings. The van der Waals surface area contributed by atoms with Crippen LogP contribution in [0.5, 0.6) is 0 Å². The zero-order chi connectivity index (χ0) is 11.5. The van der Waals surface area contributed by atoms with Crippen LogP contribution in [0, 0.1) is 0 Å². The van der Waals surface area contributed by atoms with Crippen LogP contribution in [0.4, 0.5) is 0 Å². The van der Waals surface area contributed by atoms with Gasteiger partial charge in [-0.05, 0) is 17.7 Å². The number of rotatable bonds is 3. The van der Waals surface area contributed by atoms with Crippen LogP contribution in [0.2, 0.25) is 10.0 Å². The number of aliphatic hydroxyl groups is 1. The highest BCUT2D eigenvalue weighted by molar-refractivity contribution is 6.35. The van der Waals surface area contributed by atoms with Crippen molar-refractivity contribution in [1.82, 2.24) is 15.2 Å². The van der Waals surface area contributed by atoms with Gasteiger partial charge in [0.1, 0.15) is 12.4 Å². The van der Waals surface area contributed by atoms with Crippen LogP contribution in [-0.2, 0) is 6.42 Å². The zero-order valence-electron chi connectivity index (χ0n) is 8.19. The van der Waals surface area contributed by atoms with Crippen LogP contribution in [0.25, 0.3) is 0 Å². The van der Waals surface area contributed by atoms with E-state index in [1.165, 1.54) is 6.33 Å². The van der Waals surface area contributed by atoms with Crippen molar-refractivity contribution in [3.05, 3.63) is 46.0 Å². The van der Waals surface area contributed by atoms with Gasteiger partial charge < -0.3 is 5.11 Å². The fourth-order valence-electron chi connectivity index (χ4n) is 1.37. The Kier molecular flexibility index (Phi) is 3.43. The molecule has 0 saturated heterocycles. The molecule has 1 unspecified atom stereocenters. The first-order chi connectivity index (χ1) is 7.66. The van der Waals surface area contributed by atoms with Crippen LogP contribution < -0.4 is 0 Å². The topological polar surface area (TPSA) is 61.8 Å². The number of aromatic amines is 1. The number of aliphatic hydroxyl groups excluding tert-OH is 1. The molecule has 0 fully saturated rings. The van der Waals surface area contributed by atoms with E-state index in [-0.39, 0.29) is 0 Å². The van der Waals surface area contributed by atoms with Gasteiger partial charge in [-0.15, -0.1) is 0 Å². The average molecular weight is 258 g/mol. The summed E-state index contributed by atoms with van der Waals surface area (Å²) < 4.78 is 0. The third kappa shape index (κ3) is 2.52. The predicted molar refractivity (Wildman–Crippen MR) is 61.5 cm³/mol. The molecule has 0 amide bonds. The number of hydrogen-bond donors (Lipinski definition) is 2. The van der Waals surface area contributed by atoms with E-state index in [1.54, 1.807) is 18.2 Å². The summed E-state index contributed by atoms with van der Waals surface area (Å²) in [6.45, 7) is 0. The van der Waals surface area contributed by atoms with Gasteiger partial charge in [-0.25, -0.2) is 4.98 Å². The second kappa shape index (κ2) is 4.82. The molecule has 0 spiro atoms. The minimum absolute atomic E-state index is 0.366. The first-order valence-electron chi connectivity index (χ1n) is 4.64. The molecular weight excluding hydrogens is 249 g/mol. The van der Waals surface area contributed by atoms with Crippen LogP contribution in [-0.4, -0.2) is 20.3 Å². The zero-order valence-corrected chi connectivity index (χ0v) is 9.70. The predicted octanol–water partition coefficient (Wildman–Crippen LogP) is 2.39. The molecule has 2 rings (SSSR count). The highest BCUT2D eigenvalue weighted by Crippen LogP contribution is 2.24. The van der Waals surface area contributed by atoms with Crippen LogP contribution >= 0.6 is 23.2 Å². The van der Waals surface area contributed by atoms with E-state index in [0.29, 0.717) is 22.3 Å². The molecule has 0 saturated carbocycles. The number of nitrogens with zero attached hydrogens (tertiary/aromatic N) is 2. The molecular formula is C10H9Cl2N3O. The number of nitrogens with one attached hydrogen (secondary N) is 1. The molecule has 0 aliphatic heterocycles. The summed E-state index contributed by atoms with van der Waals surface area (Å²) >= 11 is 11.8. The Bertz CT molecular complexity index is 473. The second-order valence-corrected chi connectivity index (χ2v) is 4.17. The first-order valence-corrected chi connectivity index (χ1v) is 5.39. The van der Waals surface area contributed by atoms with Crippen molar-refractivity contribution in [2.75, 3.05) is 0 Å². The van der Waals surface area contributed by atoms with Crippen molar-refractivity contribution in [2.24, 2.45) is 0 Å². The average Bonchev–Trinajstić information content (AvgIpc) is 2.75. The molecule has 0 aliphatic carbocycles. The third-order valence-corrected chi connectivity index (χ3v) is 2.76. The lowest BCUT2D eigenvalue weighted by Crippen LogP contribution is -2.04. The summed E-state index contributed by atoms with van der Waals surface area (Å²) in [6, 6.07) is 5.16. The number of benzene rings is 1. The lowest BCUT2D eigenvalue weighted by atomic mass is 10.1. The standard InChI is InChI=1S/C10H9Cl2N3O/c11-7-2-1-6(8(12)4-7)3-9(16)10-13-5-14-15-10/h1-2,4-5,9,16H,3H2,(H,13,14,15). The summed E-state index contributed by atoms with van der Waals surface area (Å²) in [5.74, 6) is 0.422. The van der Waals surface area contributed by atoms with E-state index >= 15 is 0 Å². The van der Waals surface area contributed by atoms with Gasteiger partial charge in [-0.2, -0.15) is 5.10 Å². The Hall–Kier alpha value is -1.10. The van der Waals surface area contributed by atoms with E-state index < -0.39 is 6.10 Å². The Morgan fingerprint density at radius 1 is 1.38 bits per heavy atom. The fourth-order valence-corrected chi connectivity index (χ4v) is 1.85. The minimum atomic E-state index is -0.749. The van der Waals surface area contributed by atoms with Crippen LogP contribution in [0.1, 0.15) is 17.5 Å². The van der Waals surface area contributed by atoms with Crippen molar-refractivity contribution < 1.29 is 5.11 Å². The highest BCUT2D eigenvalue weighted by atomic mass is 35.5.